The van der Waals surface area contributed by atoms with Gasteiger partial charge < -0.3 is 9.47 Å². The minimum Gasteiger partial charge on any atom is -0.350 e. The van der Waals surface area contributed by atoms with Crippen LogP contribution in [0.25, 0.3) is 0 Å². The highest BCUT2D eigenvalue weighted by Gasteiger charge is 2.24. The zero-order valence-corrected chi connectivity index (χ0v) is 11.3. The average Bonchev–Trinajstić information content (AvgIpc) is 2.75. The van der Waals surface area contributed by atoms with E-state index in [0.29, 0.717) is 0 Å². The zero-order valence-electron chi connectivity index (χ0n) is 10.5. The molecule has 0 N–H and O–H groups in total. The summed E-state index contributed by atoms with van der Waals surface area (Å²) in [6, 6.07) is 1.71. The summed E-state index contributed by atoms with van der Waals surface area (Å²) in [5.41, 5.74) is 0.210. The average molecular weight is 274 g/mol. The van der Waals surface area contributed by atoms with Crippen LogP contribution >= 0.6 is 0 Å². The van der Waals surface area contributed by atoms with Crippen molar-refractivity contribution in [1.82, 2.24) is 13.3 Å². The lowest BCUT2D eigenvalue weighted by atomic mass is 10.5. The molecule has 18 heavy (non-hydrogen) atoms. The molecule has 0 aliphatic heterocycles. The van der Waals surface area contributed by atoms with Gasteiger partial charge >= 0.3 is 10.2 Å². The van der Waals surface area contributed by atoms with Crippen molar-refractivity contribution in [2.75, 3.05) is 28.3 Å². The van der Waals surface area contributed by atoms with E-state index in [0.717, 1.165) is 8.28 Å². The van der Waals surface area contributed by atoms with Crippen molar-refractivity contribution < 1.29 is 17.9 Å². The Morgan fingerprint density at radius 2 is 2.00 bits per heavy atom. The van der Waals surface area contributed by atoms with E-state index >= 15 is 0 Å². The molecule has 9 heteroatoms. The van der Waals surface area contributed by atoms with Crippen molar-refractivity contribution in [3.63, 3.8) is 0 Å². The molecule has 0 spiro atoms. The molecular formula is C9H14N4O4S. The third kappa shape index (κ3) is 2.51. The summed E-state index contributed by atoms with van der Waals surface area (Å²) in [6.07, 6.45) is 0.377. The van der Waals surface area contributed by atoms with E-state index in [-0.39, 0.29) is 11.5 Å². The Balaban J connectivity index is 3.36. The normalized spacial score (nSPS) is 12.1. The lowest BCUT2D eigenvalue weighted by Crippen LogP contribution is -2.29. The van der Waals surface area contributed by atoms with Crippen LogP contribution in [-0.4, -0.2) is 50.0 Å². The molecule has 0 atom stereocenters. The number of rotatable bonds is 5. The quantitative estimate of drug-likeness (QED) is 0.684. The fourth-order valence-corrected chi connectivity index (χ4v) is 2.15. The number of aromatic nitrogens is 2. The molecule has 0 saturated carbocycles. The van der Waals surface area contributed by atoms with Gasteiger partial charge in [-0.1, -0.05) is 0 Å². The van der Waals surface area contributed by atoms with Gasteiger partial charge in [0, 0.05) is 28.3 Å². The van der Waals surface area contributed by atoms with Crippen LogP contribution in [0.5, 0.6) is 0 Å². The minimum atomic E-state index is -3.79. The number of hydrogen-bond acceptors (Lipinski definition) is 6. The Bertz CT molecular complexity index is 554. The molecule has 0 aromatic carbocycles. The Hall–Kier alpha value is -1.47. The first-order chi connectivity index (χ1) is 8.38. The van der Waals surface area contributed by atoms with Gasteiger partial charge in [-0.15, -0.1) is 0 Å². The number of nitrogens with zero attached hydrogens (tertiary/aromatic N) is 4. The highest BCUT2D eigenvalue weighted by molar-refractivity contribution is 7.87. The molecule has 0 bridgehead atoms. The van der Waals surface area contributed by atoms with Gasteiger partial charge in [0.2, 0.25) is 12.1 Å². The molecule has 1 aromatic heterocycles. The lowest BCUT2D eigenvalue weighted by Gasteiger charge is -2.12. The van der Waals surface area contributed by atoms with Crippen molar-refractivity contribution in [3.05, 3.63) is 17.7 Å². The fraction of sp³-hybridized carbons (Fsp3) is 0.556. The maximum atomic E-state index is 11.9. The standard InChI is InChI=1S/C9H14N4O4S/c1-12(2)18(14,15)13-6-7(9(16-3)17-4)11-8(13)5-10/h6,9H,1-4H3. The molecule has 8 nitrogen and oxygen atoms in total. The molecule has 0 aliphatic carbocycles. The smallest absolute Gasteiger partial charge is 0.309 e. The Labute approximate surface area is 106 Å². The molecule has 1 heterocycles. The van der Waals surface area contributed by atoms with E-state index in [1.807, 2.05) is 0 Å². The van der Waals surface area contributed by atoms with Gasteiger partial charge in [0.1, 0.15) is 11.8 Å². The number of ether oxygens (including phenoxy) is 2. The molecule has 1 aromatic rings. The van der Waals surface area contributed by atoms with Crippen LogP contribution in [0, 0.1) is 11.3 Å². The topological polar surface area (TPSA) is 97.5 Å². The van der Waals surface area contributed by atoms with Crippen LogP contribution in [-0.2, 0) is 19.7 Å². The maximum Gasteiger partial charge on any atom is 0.309 e. The van der Waals surface area contributed by atoms with E-state index in [2.05, 4.69) is 4.98 Å². The Morgan fingerprint density at radius 1 is 1.44 bits per heavy atom. The Morgan fingerprint density at radius 3 is 2.39 bits per heavy atom. The summed E-state index contributed by atoms with van der Waals surface area (Å²) < 4.78 is 35.6. The van der Waals surface area contributed by atoms with Crippen molar-refractivity contribution in [1.29, 1.82) is 5.26 Å². The maximum absolute atomic E-state index is 11.9. The summed E-state index contributed by atoms with van der Waals surface area (Å²) in [7, 11) is 1.71. The number of nitriles is 1. The van der Waals surface area contributed by atoms with Gasteiger partial charge in [-0.05, 0) is 0 Å². The first-order valence-corrected chi connectivity index (χ1v) is 6.26. The molecule has 100 valence electrons. The number of methoxy groups -OCH3 is 2. The van der Waals surface area contributed by atoms with Crippen LogP contribution in [0.2, 0.25) is 0 Å². The zero-order chi connectivity index (χ0) is 13.9. The van der Waals surface area contributed by atoms with Crippen LogP contribution in [0.15, 0.2) is 6.20 Å². The first kappa shape index (κ1) is 14.6. The third-order valence-electron chi connectivity index (χ3n) is 2.17. The number of imidazole rings is 1. The Kier molecular flexibility index (Phi) is 4.42. The highest BCUT2D eigenvalue weighted by atomic mass is 32.2. The second kappa shape index (κ2) is 5.45. The predicted octanol–water partition coefficient (Wildman–Crippen LogP) is -0.299. The molecular weight excluding hydrogens is 260 g/mol. The van der Waals surface area contributed by atoms with E-state index in [1.54, 1.807) is 6.07 Å². The largest absolute Gasteiger partial charge is 0.350 e. The van der Waals surface area contributed by atoms with Crippen LogP contribution in [0.1, 0.15) is 17.8 Å². The van der Waals surface area contributed by atoms with E-state index in [1.165, 1.54) is 34.5 Å². The SMILES string of the molecule is COC(OC)c1cn(S(=O)(=O)N(C)C)c(C#N)n1. The van der Waals surface area contributed by atoms with Gasteiger partial charge in [-0.2, -0.15) is 18.0 Å². The van der Waals surface area contributed by atoms with Crippen LogP contribution < -0.4 is 0 Å². The molecule has 0 fully saturated rings. The van der Waals surface area contributed by atoms with E-state index in [9.17, 15) is 8.42 Å². The molecule has 0 radical (unpaired) electrons. The second-order valence-electron chi connectivity index (χ2n) is 3.49. The van der Waals surface area contributed by atoms with Crippen molar-refractivity contribution in [2.24, 2.45) is 0 Å². The van der Waals surface area contributed by atoms with Gasteiger partial charge in [0.25, 0.3) is 0 Å². The molecule has 0 unspecified atom stereocenters. The van der Waals surface area contributed by atoms with E-state index < -0.39 is 16.5 Å². The fourth-order valence-electron chi connectivity index (χ4n) is 1.26. The molecule has 0 amide bonds. The van der Waals surface area contributed by atoms with Gasteiger partial charge in [-0.25, -0.2) is 8.96 Å². The summed E-state index contributed by atoms with van der Waals surface area (Å²) in [5.74, 6) is -0.252. The van der Waals surface area contributed by atoms with Gasteiger partial charge in [0.15, 0.2) is 0 Å². The summed E-state index contributed by atoms with van der Waals surface area (Å²) in [5, 5.41) is 8.91. The van der Waals surface area contributed by atoms with Crippen LogP contribution in [0.4, 0.5) is 0 Å². The van der Waals surface area contributed by atoms with Crippen LogP contribution in [0.3, 0.4) is 0 Å². The lowest BCUT2D eigenvalue weighted by molar-refractivity contribution is -0.108. The van der Waals surface area contributed by atoms with Crippen molar-refractivity contribution in [3.8, 4) is 6.07 Å². The van der Waals surface area contributed by atoms with Crippen molar-refractivity contribution >= 4 is 10.2 Å². The monoisotopic (exact) mass is 274 g/mol. The van der Waals surface area contributed by atoms with Crippen molar-refractivity contribution in [2.45, 2.75) is 6.29 Å². The predicted molar refractivity (Wildman–Crippen MR) is 61.7 cm³/mol. The summed E-state index contributed by atoms with van der Waals surface area (Å²) in [6.45, 7) is 0. The third-order valence-corrected chi connectivity index (χ3v) is 3.87. The van der Waals surface area contributed by atoms with Gasteiger partial charge in [-0.3, -0.25) is 0 Å². The molecule has 0 saturated heterocycles. The first-order valence-electron chi connectivity index (χ1n) is 4.86. The molecule has 0 aliphatic rings. The van der Waals surface area contributed by atoms with E-state index in [4.69, 9.17) is 14.7 Å². The molecule has 1 rings (SSSR count). The highest BCUT2D eigenvalue weighted by Crippen LogP contribution is 2.18. The second-order valence-corrected chi connectivity index (χ2v) is 5.51. The number of hydrogen-bond donors (Lipinski definition) is 0. The minimum absolute atomic E-state index is 0.210. The summed E-state index contributed by atoms with van der Waals surface area (Å²) >= 11 is 0. The summed E-state index contributed by atoms with van der Waals surface area (Å²) in [4.78, 5) is 3.87. The van der Waals surface area contributed by atoms with Gasteiger partial charge in [0.05, 0.1) is 6.20 Å².